The van der Waals surface area contributed by atoms with Gasteiger partial charge in [-0.15, -0.1) is 0 Å². The fourth-order valence-electron chi connectivity index (χ4n) is 2.93. The largest absolute Gasteiger partial charge is 0.496 e. The number of hydrogen-bond donors (Lipinski definition) is 0. The Morgan fingerprint density at radius 1 is 0.897 bits per heavy atom. The van der Waals surface area contributed by atoms with Crippen LogP contribution in [-0.4, -0.2) is 42.8 Å². The van der Waals surface area contributed by atoms with Crippen LogP contribution in [0.4, 0.5) is 0 Å². The quantitative estimate of drug-likeness (QED) is 0.194. The van der Waals surface area contributed by atoms with Gasteiger partial charge in [-0.1, -0.05) is 47.6 Å². The van der Waals surface area contributed by atoms with Gasteiger partial charge in [0.25, 0.3) is 0 Å². The lowest BCUT2D eigenvalue weighted by Crippen LogP contribution is -2.24. The monoisotopic (exact) mass is 408 g/mol. The Bertz CT molecular complexity index is 1060. The van der Waals surface area contributed by atoms with Crippen molar-refractivity contribution in [1.82, 2.24) is 0 Å². The van der Waals surface area contributed by atoms with E-state index in [2.05, 4.69) is 5.16 Å². The fraction of sp³-hybridized carbons (Fsp3) is 0.174. The van der Waals surface area contributed by atoms with Gasteiger partial charge in [-0.2, -0.15) is 0 Å². The molecule has 0 saturated heterocycles. The second-order valence-corrected chi connectivity index (χ2v) is 8.86. The molecule has 29 heavy (non-hydrogen) atoms. The molecule has 0 amide bonds. The Morgan fingerprint density at radius 3 is 2.21 bits per heavy atom. The molecule has 0 bridgehead atoms. The molecule has 0 unspecified atom stereocenters. The maximum Gasteiger partial charge on any atom is 0.365 e. The number of Topliss-reactive ketones (excluding diaryl/α,β-unsaturated/α-hetero) is 1. The first-order valence-electron chi connectivity index (χ1n) is 8.99. The molecule has 0 N–H and O–H groups in total. The molecule has 6 heteroatoms. The summed E-state index contributed by atoms with van der Waals surface area (Å²) in [6, 6.07) is 19.6. The number of oxime groups is 1. The molecular weight excluding hydrogens is 386 g/mol. The lowest BCUT2D eigenvalue weighted by Gasteiger charge is -2.10. The van der Waals surface area contributed by atoms with E-state index in [0.717, 1.165) is 10.8 Å². The summed E-state index contributed by atoms with van der Waals surface area (Å²) in [5, 5.41) is 5.57. The number of ketones is 1. The first-order chi connectivity index (χ1) is 14.0. The molecule has 5 nitrogen and oxygen atoms in total. The van der Waals surface area contributed by atoms with Crippen LogP contribution >= 0.6 is 0 Å². The normalized spacial score (nSPS) is 11.5. The third-order valence-electron chi connectivity index (χ3n) is 4.28. The number of carbonyl (C=O) groups excluding carboxylic acids is 2. The standard InChI is InChI=1S/C23H22NO4S/c1-27-21-14-13-19(17-11-7-8-12-18(17)21)22(25)20(15-29(2)3)24-28-23(26)16-9-5-4-6-10-16/h4-14H,15H2,1-3H3/q+1. The van der Waals surface area contributed by atoms with Crippen molar-refractivity contribution >= 4 is 39.1 Å². The van der Waals surface area contributed by atoms with Crippen LogP contribution in [0.3, 0.4) is 0 Å². The van der Waals surface area contributed by atoms with Gasteiger partial charge in [-0.25, -0.2) is 4.79 Å². The molecule has 3 aromatic carbocycles. The van der Waals surface area contributed by atoms with Crippen molar-refractivity contribution in [2.45, 2.75) is 0 Å². The van der Waals surface area contributed by atoms with Crippen molar-refractivity contribution in [1.29, 1.82) is 0 Å². The van der Waals surface area contributed by atoms with Crippen LogP contribution < -0.4 is 4.74 Å². The average molecular weight is 408 g/mol. The van der Waals surface area contributed by atoms with Gasteiger partial charge in [-0.05, 0) is 40.5 Å². The van der Waals surface area contributed by atoms with E-state index < -0.39 is 5.97 Å². The smallest absolute Gasteiger partial charge is 0.365 e. The van der Waals surface area contributed by atoms with E-state index in [4.69, 9.17) is 9.57 Å². The molecule has 0 aromatic heterocycles. The van der Waals surface area contributed by atoms with Crippen LogP contribution in [0.25, 0.3) is 10.8 Å². The maximum absolute atomic E-state index is 13.3. The molecule has 0 aliphatic heterocycles. The van der Waals surface area contributed by atoms with E-state index >= 15 is 0 Å². The first kappa shape index (κ1) is 20.6. The first-order valence-corrected chi connectivity index (χ1v) is 11.2. The number of rotatable bonds is 7. The number of methoxy groups -OCH3 is 1. The summed E-state index contributed by atoms with van der Waals surface area (Å²) < 4.78 is 5.41. The number of ether oxygens (including phenoxy) is 1. The van der Waals surface area contributed by atoms with Crippen LogP contribution in [0.2, 0.25) is 0 Å². The third-order valence-corrected chi connectivity index (χ3v) is 5.14. The van der Waals surface area contributed by atoms with Crippen LogP contribution in [0.1, 0.15) is 20.7 Å². The highest BCUT2D eigenvalue weighted by molar-refractivity contribution is 7.96. The zero-order chi connectivity index (χ0) is 20.8. The van der Waals surface area contributed by atoms with Crippen molar-refractivity contribution in [2.75, 3.05) is 25.4 Å². The predicted molar refractivity (Wildman–Crippen MR) is 118 cm³/mol. The van der Waals surface area contributed by atoms with Gasteiger partial charge in [0, 0.05) is 10.9 Å². The molecule has 0 saturated carbocycles. The predicted octanol–water partition coefficient (Wildman–Crippen LogP) is 4.12. The van der Waals surface area contributed by atoms with Gasteiger partial charge in [0.1, 0.15) is 5.75 Å². The highest BCUT2D eigenvalue weighted by Gasteiger charge is 2.24. The molecule has 0 heterocycles. The summed E-state index contributed by atoms with van der Waals surface area (Å²) >= 11 is 0. The highest BCUT2D eigenvalue weighted by Crippen LogP contribution is 2.28. The minimum Gasteiger partial charge on any atom is -0.496 e. The number of hydrogen-bond acceptors (Lipinski definition) is 5. The molecule has 0 atom stereocenters. The molecule has 3 rings (SSSR count). The minimum atomic E-state index is -0.595. The van der Waals surface area contributed by atoms with Crippen molar-refractivity contribution in [3.05, 3.63) is 77.9 Å². The van der Waals surface area contributed by atoms with E-state index in [1.54, 1.807) is 43.5 Å². The Labute approximate surface area is 172 Å². The highest BCUT2D eigenvalue weighted by atomic mass is 32.2. The van der Waals surface area contributed by atoms with Gasteiger partial charge in [0.15, 0.2) is 11.5 Å². The second-order valence-electron chi connectivity index (χ2n) is 6.60. The molecular formula is C23H22NO4S+. The van der Waals surface area contributed by atoms with Crippen molar-refractivity contribution in [3.63, 3.8) is 0 Å². The summed E-state index contributed by atoms with van der Waals surface area (Å²) in [5.74, 6) is 0.256. The second kappa shape index (κ2) is 9.39. The van der Waals surface area contributed by atoms with E-state index in [9.17, 15) is 9.59 Å². The topological polar surface area (TPSA) is 65.0 Å². The number of nitrogens with zero attached hydrogens (tertiary/aromatic N) is 1. The molecule has 0 radical (unpaired) electrons. The Hall–Kier alpha value is -3.12. The molecule has 0 aliphatic carbocycles. The molecule has 0 fully saturated rings. The lowest BCUT2D eigenvalue weighted by atomic mass is 9.99. The molecule has 0 aliphatic rings. The Kier molecular flexibility index (Phi) is 6.67. The number of carbonyl (C=O) groups is 2. The third kappa shape index (κ3) is 4.84. The number of benzene rings is 3. The van der Waals surface area contributed by atoms with Gasteiger partial charge < -0.3 is 9.57 Å². The molecule has 148 valence electrons. The zero-order valence-corrected chi connectivity index (χ0v) is 17.4. The van der Waals surface area contributed by atoms with E-state index in [1.807, 2.05) is 42.8 Å². The van der Waals surface area contributed by atoms with Crippen molar-refractivity contribution < 1.29 is 19.2 Å². The summed E-state index contributed by atoms with van der Waals surface area (Å²) in [6.45, 7) is 0. The Morgan fingerprint density at radius 2 is 1.55 bits per heavy atom. The van der Waals surface area contributed by atoms with Crippen LogP contribution in [0.5, 0.6) is 5.75 Å². The van der Waals surface area contributed by atoms with Crippen LogP contribution in [0, 0.1) is 0 Å². The molecule has 0 spiro atoms. The van der Waals surface area contributed by atoms with Gasteiger partial charge in [0.05, 0.1) is 25.2 Å². The van der Waals surface area contributed by atoms with Crippen LogP contribution in [-0.2, 0) is 15.7 Å². The minimum absolute atomic E-state index is 0.107. The average Bonchev–Trinajstić information content (AvgIpc) is 2.75. The van der Waals surface area contributed by atoms with Gasteiger partial charge >= 0.3 is 5.97 Å². The number of fused-ring (bicyclic) bond motifs is 1. The van der Waals surface area contributed by atoms with Crippen molar-refractivity contribution in [2.24, 2.45) is 5.16 Å². The SMILES string of the molecule is COc1ccc(C(=O)C(C[S+](C)C)=NOC(=O)c2ccccc2)c2ccccc12. The zero-order valence-electron chi connectivity index (χ0n) is 16.5. The molecule has 3 aromatic rings. The van der Waals surface area contributed by atoms with E-state index in [0.29, 0.717) is 22.6 Å². The fourth-order valence-corrected chi connectivity index (χ4v) is 3.66. The lowest BCUT2D eigenvalue weighted by molar-refractivity contribution is 0.0515. The van der Waals surface area contributed by atoms with Crippen LogP contribution in [0.15, 0.2) is 71.9 Å². The van der Waals surface area contributed by atoms with Gasteiger partial charge in [0.2, 0.25) is 5.78 Å². The van der Waals surface area contributed by atoms with Gasteiger partial charge in [-0.3, -0.25) is 4.79 Å². The summed E-state index contributed by atoms with van der Waals surface area (Å²) in [6.07, 6.45) is 4.02. The summed E-state index contributed by atoms with van der Waals surface area (Å²) in [5.41, 5.74) is 1.10. The van der Waals surface area contributed by atoms with E-state index in [1.165, 1.54) is 0 Å². The maximum atomic E-state index is 13.3. The summed E-state index contributed by atoms with van der Waals surface area (Å²) in [4.78, 5) is 30.6. The summed E-state index contributed by atoms with van der Waals surface area (Å²) in [7, 11) is 1.49. The Balaban J connectivity index is 1.96. The van der Waals surface area contributed by atoms with Crippen molar-refractivity contribution in [3.8, 4) is 5.75 Å². The van der Waals surface area contributed by atoms with E-state index in [-0.39, 0.29) is 22.4 Å².